The third-order valence-corrected chi connectivity index (χ3v) is 3.96. The van der Waals surface area contributed by atoms with E-state index in [4.69, 9.17) is 13.9 Å². The standard InChI is InChI=1S/C21H19FN2O5/c1-3-27-21(26)20-13(2)29-18-9-8-16(10-17(18)20)28-12-19(25)24-23-11-14-4-6-15(22)7-5-14/h4-11H,3,12H2,1-2H3,(H,24,25). The van der Waals surface area contributed by atoms with Crippen LogP contribution in [0.4, 0.5) is 4.39 Å². The first-order valence-electron chi connectivity index (χ1n) is 8.88. The van der Waals surface area contributed by atoms with Gasteiger partial charge in [-0.05, 0) is 49.7 Å². The van der Waals surface area contributed by atoms with Crippen LogP contribution in [-0.4, -0.2) is 31.3 Å². The highest BCUT2D eigenvalue weighted by atomic mass is 19.1. The number of esters is 1. The number of fused-ring (bicyclic) bond motifs is 1. The van der Waals surface area contributed by atoms with Crippen LogP contribution in [0.25, 0.3) is 11.0 Å². The maximum Gasteiger partial charge on any atom is 0.342 e. The summed E-state index contributed by atoms with van der Waals surface area (Å²) in [4.78, 5) is 24.0. The summed E-state index contributed by atoms with van der Waals surface area (Å²) in [5.74, 6) is -0.466. The van der Waals surface area contributed by atoms with E-state index in [1.165, 1.54) is 30.5 Å². The summed E-state index contributed by atoms with van der Waals surface area (Å²) < 4.78 is 28.9. The van der Waals surface area contributed by atoms with Crippen molar-refractivity contribution in [3.8, 4) is 5.75 Å². The number of aryl methyl sites for hydroxylation is 1. The monoisotopic (exact) mass is 398 g/mol. The molecule has 0 radical (unpaired) electrons. The van der Waals surface area contributed by atoms with Crippen molar-refractivity contribution < 1.29 is 27.9 Å². The van der Waals surface area contributed by atoms with Crippen molar-refractivity contribution in [3.05, 3.63) is 65.2 Å². The molecule has 0 spiro atoms. The minimum atomic E-state index is -0.478. The van der Waals surface area contributed by atoms with E-state index in [0.29, 0.717) is 33.6 Å². The molecule has 0 saturated heterocycles. The summed E-state index contributed by atoms with van der Waals surface area (Å²) in [5, 5.41) is 4.34. The Labute approximate surface area is 166 Å². The molecule has 3 rings (SSSR count). The van der Waals surface area contributed by atoms with E-state index >= 15 is 0 Å². The summed E-state index contributed by atoms with van der Waals surface area (Å²) in [6.45, 7) is 3.37. The zero-order valence-corrected chi connectivity index (χ0v) is 15.9. The van der Waals surface area contributed by atoms with Crippen molar-refractivity contribution in [2.24, 2.45) is 5.10 Å². The summed E-state index contributed by atoms with van der Waals surface area (Å²) in [5.41, 5.74) is 3.82. The fourth-order valence-electron chi connectivity index (χ4n) is 2.65. The quantitative estimate of drug-likeness (QED) is 0.373. The van der Waals surface area contributed by atoms with Crippen LogP contribution >= 0.6 is 0 Å². The Bertz CT molecular complexity index is 1060. The van der Waals surface area contributed by atoms with Gasteiger partial charge in [0.25, 0.3) is 5.91 Å². The highest BCUT2D eigenvalue weighted by Gasteiger charge is 2.20. The Morgan fingerprint density at radius 2 is 1.97 bits per heavy atom. The molecule has 150 valence electrons. The number of furan rings is 1. The third-order valence-electron chi connectivity index (χ3n) is 3.96. The Morgan fingerprint density at radius 1 is 1.21 bits per heavy atom. The van der Waals surface area contributed by atoms with Crippen molar-refractivity contribution in [3.63, 3.8) is 0 Å². The van der Waals surface area contributed by atoms with Crippen LogP contribution < -0.4 is 10.2 Å². The van der Waals surface area contributed by atoms with Gasteiger partial charge < -0.3 is 13.9 Å². The van der Waals surface area contributed by atoms with Crippen molar-refractivity contribution in [2.45, 2.75) is 13.8 Å². The summed E-state index contributed by atoms with van der Waals surface area (Å²) in [6.07, 6.45) is 1.39. The van der Waals surface area contributed by atoms with E-state index in [-0.39, 0.29) is 19.0 Å². The van der Waals surface area contributed by atoms with Gasteiger partial charge in [-0.15, -0.1) is 0 Å². The van der Waals surface area contributed by atoms with Gasteiger partial charge in [-0.1, -0.05) is 12.1 Å². The molecule has 1 N–H and O–H groups in total. The summed E-state index contributed by atoms with van der Waals surface area (Å²) >= 11 is 0. The van der Waals surface area contributed by atoms with Crippen LogP contribution in [0.5, 0.6) is 5.75 Å². The number of halogens is 1. The molecule has 7 nitrogen and oxygen atoms in total. The predicted octanol–water partition coefficient (Wildman–Crippen LogP) is 3.59. The van der Waals surface area contributed by atoms with Crippen molar-refractivity contribution in [1.29, 1.82) is 0 Å². The topological polar surface area (TPSA) is 90.1 Å². The van der Waals surface area contributed by atoms with Crippen LogP contribution in [0.15, 0.2) is 52.0 Å². The minimum Gasteiger partial charge on any atom is -0.484 e. The largest absolute Gasteiger partial charge is 0.484 e. The lowest BCUT2D eigenvalue weighted by Crippen LogP contribution is -2.24. The molecule has 1 heterocycles. The predicted molar refractivity (Wildman–Crippen MR) is 105 cm³/mol. The fourth-order valence-corrected chi connectivity index (χ4v) is 2.65. The van der Waals surface area contributed by atoms with Gasteiger partial charge in [-0.25, -0.2) is 14.6 Å². The Balaban J connectivity index is 1.62. The van der Waals surface area contributed by atoms with E-state index in [9.17, 15) is 14.0 Å². The molecule has 29 heavy (non-hydrogen) atoms. The normalized spacial score (nSPS) is 11.0. The Morgan fingerprint density at radius 3 is 2.69 bits per heavy atom. The number of nitrogens with zero attached hydrogens (tertiary/aromatic N) is 1. The average Bonchev–Trinajstić information content (AvgIpc) is 3.03. The lowest BCUT2D eigenvalue weighted by atomic mass is 10.1. The first-order chi connectivity index (χ1) is 14.0. The van der Waals surface area contributed by atoms with Crippen LogP contribution in [-0.2, 0) is 9.53 Å². The average molecular weight is 398 g/mol. The molecule has 1 amide bonds. The Kier molecular flexibility index (Phi) is 6.23. The molecule has 0 bridgehead atoms. The molecule has 2 aromatic carbocycles. The van der Waals surface area contributed by atoms with Crippen LogP contribution in [0.3, 0.4) is 0 Å². The van der Waals surface area contributed by atoms with Gasteiger partial charge in [-0.2, -0.15) is 5.10 Å². The number of ether oxygens (including phenoxy) is 2. The number of hydrogen-bond donors (Lipinski definition) is 1. The molecule has 8 heteroatoms. The molecule has 0 atom stereocenters. The molecular formula is C21H19FN2O5. The van der Waals surface area contributed by atoms with E-state index in [2.05, 4.69) is 10.5 Å². The van der Waals surface area contributed by atoms with Gasteiger partial charge in [-0.3, -0.25) is 4.79 Å². The summed E-state index contributed by atoms with van der Waals surface area (Å²) in [6, 6.07) is 10.6. The van der Waals surface area contributed by atoms with Crippen molar-refractivity contribution in [2.75, 3.05) is 13.2 Å². The van der Waals surface area contributed by atoms with E-state index in [1.807, 2.05) is 0 Å². The van der Waals surface area contributed by atoms with E-state index < -0.39 is 11.9 Å². The molecule has 3 aromatic rings. The number of carbonyl (C=O) groups excluding carboxylic acids is 2. The van der Waals surface area contributed by atoms with Gasteiger partial charge in [0.15, 0.2) is 6.61 Å². The van der Waals surface area contributed by atoms with Gasteiger partial charge in [0.2, 0.25) is 0 Å². The van der Waals surface area contributed by atoms with Crippen LogP contribution in [0, 0.1) is 12.7 Å². The van der Waals surface area contributed by atoms with Gasteiger partial charge >= 0.3 is 5.97 Å². The van der Waals surface area contributed by atoms with E-state index in [1.54, 1.807) is 32.0 Å². The number of carbonyl (C=O) groups is 2. The second-order valence-electron chi connectivity index (χ2n) is 6.05. The zero-order valence-electron chi connectivity index (χ0n) is 15.9. The molecule has 0 saturated carbocycles. The SMILES string of the molecule is CCOC(=O)c1c(C)oc2ccc(OCC(=O)NN=Cc3ccc(F)cc3)cc12. The number of rotatable bonds is 7. The van der Waals surface area contributed by atoms with E-state index in [0.717, 1.165) is 0 Å². The Hall–Kier alpha value is -3.68. The highest BCUT2D eigenvalue weighted by Crippen LogP contribution is 2.29. The first kappa shape index (κ1) is 20.1. The van der Waals surface area contributed by atoms with Crippen molar-refractivity contribution >= 4 is 29.1 Å². The van der Waals surface area contributed by atoms with Crippen LogP contribution in [0.1, 0.15) is 28.6 Å². The molecule has 0 aliphatic carbocycles. The third kappa shape index (κ3) is 4.98. The lowest BCUT2D eigenvalue weighted by Gasteiger charge is -2.05. The first-order valence-corrected chi connectivity index (χ1v) is 8.88. The smallest absolute Gasteiger partial charge is 0.342 e. The molecule has 0 aliphatic heterocycles. The second kappa shape index (κ2) is 9.01. The molecule has 0 unspecified atom stereocenters. The lowest BCUT2D eigenvalue weighted by molar-refractivity contribution is -0.123. The number of nitrogens with one attached hydrogen (secondary N) is 1. The number of benzene rings is 2. The second-order valence-corrected chi connectivity index (χ2v) is 6.05. The zero-order chi connectivity index (χ0) is 20.8. The maximum absolute atomic E-state index is 12.8. The number of amides is 1. The van der Waals surface area contributed by atoms with Crippen LogP contribution in [0.2, 0.25) is 0 Å². The van der Waals surface area contributed by atoms with Crippen molar-refractivity contribution in [1.82, 2.24) is 5.43 Å². The molecule has 1 aromatic heterocycles. The maximum atomic E-state index is 12.8. The fraction of sp³-hybridized carbons (Fsp3) is 0.190. The minimum absolute atomic E-state index is 0.250. The highest BCUT2D eigenvalue weighted by molar-refractivity contribution is 6.04. The van der Waals surface area contributed by atoms with Gasteiger partial charge in [0.05, 0.1) is 12.8 Å². The van der Waals surface area contributed by atoms with Gasteiger partial charge in [0.1, 0.15) is 28.5 Å². The van der Waals surface area contributed by atoms with Gasteiger partial charge in [0, 0.05) is 5.39 Å². The number of hydrazone groups is 1. The summed E-state index contributed by atoms with van der Waals surface area (Å²) in [7, 11) is 0. The molecule has 0 fully saturated rings. The molecular weight excluding hydrogens is 379 g/mol. The molecule has 0 aliphatic rings. The number of hydrogen-bond acceptors (Lipinski definition) is 6.